The molecule has 1 unspecified atom stereocenters. The van der Waals surface area contributed by atoms with Crippen molar-refractivity contribution in [3.05, 3.63) is 52.7 Å². The number of para-hydroxylation sites is 1. The first-order valence-corrected chi connectivity index (χ1v) is 9.21. The summed E-state index contributed by atoms with van der Waals surface area (Å²) in [4.78, 5) is 14.3. The molecule has 1 aliphatic heterocycles. The number of benzene rings is 1. The van der Waals surface area contributed by atoms with Crippen molar-refractivity contribution in [2.75, 3.05) is 24.5 Å². The SMILES string of the molecule is O=C(NCC(O)c1ccsc1)NC1CCN(c2ccccc2)CC1. The number of carbonyl (C=O) groups excluding carboxylic acids is 1. The summed E-state index contributed by atoms with van der Waals surface area (Å²) in [5, 5.41) is 19.5. The Bertz CT molecular complexity index is 625. The molecule has 128 valence electrons. The molecule has 2 aromatic rings. The van der Waals surface area contributed by atoms with E-state index in [1.165, 1.54) is 17.0 Å². The van der Waals surface area contributed by atoms with Crippen molar-refractivity contribution in [1.82, 2.24) is 10.6 Å². The van der Waals surface area contributed by atoms with E-state index in [0.29, 0.717) is 0 Å². The molecule has 1 aliphatic rings. The van der Waals surface area contributed by atoms with Crippen LogP contribution in [0.3, 0.4) is 0 Å². The summed E-state index contributed by atoms with van der Waals surface area (Å²) in [5.41, 5.74) is 2.08. The molecule has 0 bridgehead atoms. The van der Waals surface area contributed by atoms with Crippen molar-refractivity contribution in [2.45, 2.75) is 25.0 Å². The minimum atomic E-state index is -0.651. The lowest BCUT2D eigenvalue weighted by Crippen LogP contribution is -2.48. The first kappa shape index (κ1) is 16.8. The zero-order valence-electron chi connectivity index (χ0n) is 13.5. The van der Waals surface area contributed by atoms with Gasteiger partial charge in [-0.2, -0.15) is 11.3 Å². The van der Waals surface area contributed by atoms with Gasteiger partial charge in [-0.25, -0.2) is 4.79 Å². The molecule has 6 heteroatoms. The first-order chi connectivity index (χ1) is 11.7. The second kappa shape index (κ2) is 8.17. The third-order valence-corrected chi connectivity index (χ3v) is 5.04. The van der Waals surface area contributed by atoms with E-state index < -0.39 is 6.10 Å². The van der Waals surface area contributed by atoms with E-state index in [2.05, 4.69) is 27.7 Å². The van der Waals surface area contributed by atoms with Gasteiger partial charge in [-0.05, 0) is 47.4 Å². The predicted octanol–water partition coefficient (Wildman–Crippen LogP) is 2.75. The molecule has 5 nitrogen and oxygen atoms in total. The Morgan fingerprint density at radius 2 is 2.00 bits per heavy atom. The van der Waals surface area contributed by atoms with E-state index in [-0.39, 0.29) is 18.6 Å². The van der Waals surface area contributed by atoms with Gasteiger partial charge in [0.2, 0.25) is 0 Å². The Labute approximate surface area is 146 Å². The lowest BCUT2D eigenvalue weighted by Gasteiger charge is -2.34. The standard InChI is InChI=1S/C18H23N3O2S/c22-17(14-8-11-24-13-14)12-19-18(23)20-15-6-9-21(10-7-15)16-4-2-1-3-5-16/h1-5,8,11,13,15,17,22H,6-7,9-10,12H2,(H2,19,20,23). The third-order valence-electron chi connectivity index (χ3n) is 4.34. The number of urea groups is 1. The molecular formula is C18H23N3O2S. The predicted molar refractivity (Wildman–Crippen MR) is 97.5 cm³/mol. The average Bonchev–Trinajstić information content (AvgIpc) is 3.16. The number of rotatable bonds is 5. The quantitative estimate of drug-likeness (QED) is 0.781. The molecule has 1 saturated heterocycles. The molecule has 2 amide bonds. The number of nitrogens with zero attached hydrogens (tertiary/aromatic N) is 1. The number of piperidine rings is 1. The van der Waals surface area contributed by atoms with E-state index in [1.54, 1.807) is 0 Å². The summed E-state index contributed by atoms with van der Waals surface area (Å²) in [6.45, 7) is 2.10. The van der Waals surface area contributed by atoms with Crippen LogP contribution in [0.5, 0.6) is 0 Å². The zero-order chi connectivity index (χ0) is 16.8. The molecular weight excluding hydrogens is 322 g/mol. The van der Waals surface area contributed by atoms with Crippen LogP contribution in [-0.4, -0.2) is 36.8 Å². The number of anilines is 1. The number of carbonyl (C=O) groups is 1. The highest BCUT2D eigenvalue weighted by atomic mass is 32.1. The summed E-state index contributed by atoms with van der Waals surface area (Å²) < 4.78 is 0. The zero-order valence-corrected chi connectivity index (χ0v) is 14.3. The Morgan fingerprint density at radius 3 is 2.67 bits per heavy atom. The van der Waals surface area contributed by atoms with Gasteiger partial charge in [0.25, 0.3) is 0 Å². The monoisotopic (exact) mass is 345 g/mol. The summed E-state index contributed by atoms with van der Waals surface area (Å²) in [7, 11) is 0. The highest BCUT2D eigenvalue weighted by Gasteiger charge is 2.21. The maximum absolute atomic E-state index is 12.0. The van der Waals surface area contributed by atoms with Gasteiger partial charge >= 0.3 is 6.03 Å². The second-order valence-corrected chi connectivity index (χ2v) is 6.80. The van der Waals surface area contributed by atoms with Gasteiger partial charge in [0, 0.05) is 31.4 Å². The van der Waals surface area contributed by atoms with Crippen LogP contribution < -0.4 is 15.5 Å². The van der Waals surface area contributed by atoms with Gasteiger partial charge in [-0.1, -0.05) is 18.2 Å². The minimum Gasteiger partial charge on any atom is -0.387 e. The fourth-order valence-corrected chi connectivity index (χ4v) is 3.64. The van der Waals surface area contributed by atoms with Crippen LogP contribution in [0.2, 0.25) is 0 Å². The van der Waals surface area contributed by atoms with Gasteiger partial charge in [-0.3, -0.25) is 0 Å². The van der Waals surface area contributed by atoms with Crippen molar-refractivity contribution in [2.24, 2.45) is 0 Å². The van der Waals surface area contributed by atoms with Crippen molar-refractivity contribution in [3.8, 4) is 0 Å². The number of nitrogens with one attached hydrogen (secondary N) is 2. The van der Waals surface area contributed by atoms with Crippen LogP contribution in [0.4, 0.5) is 10.5 Å². The van der Waals surface area contributed by atoms with Crippen LogP contribution in [0, 0.1) is 0 Å². The molecule has 0 aliphatic carbocycles. The van der Waals surface area contributed by atoms with Gasteiger partial charge in [-0.15, -0.1) is 0 Å². The maximum Gasteiger partial charge on any atom is 0.315 e. The van der Waals surface area contributed by atoms with Crippen LogP contribution in [0.15, 0.2) is 47.2 Å². The smallest absolute Gasteiger partial charge is 0.315 e. The number of aliphatic hydroxyl groups is 1. The van der Waals surface area contributed by atoms with Crippen molar-refractivity contribution in [3.63, 3.8) is 0 Å². The van der Waals surface area contributed by atoms with Crippen molar-refractivity contribution >= 4 is 23.1 Å². The summed E-state index contributed by atoms with van der Waals surface area (Å²) in [5.74, 6) is 0. The summed E-state index contributed by atoms with van der Waals surface area (Å²) >= 11 is 1.54. The number of hydrogen-bond acceptors (Lipinski definition) is 4. The Balaban J connectivity index is 1.39. The van der Waals surface area contributed by atoms with E-state index in [0.717, 1.165) is 31.5 Å². The maximum atomic E-state index is 12.0. The van der Waals surface area contributed by atoms with Gasteiger partial charge in [0.15, 0.2) is 0 Å². The topological polar surface area (TPSA) is 64.6 Å². The average molecular weight is 345 g/mol. The van der Waals surface area contributed by atoms with E-state index >= 15 is 0 Å². The summed E-state index contributed by atoms with van der Waals surface area (Å²) in [6, 6.07) is 12.2. The van der Waals surface area contributed by atoms with Gasteiger partial charge in [0.05, 0.1) is 6.10 Å². The van der Waals surface area contributed by atoms with Crippen LogP contribution in [-0.2, 0) is 0 Å². The molecule has 1 aromatic heterocycles. The van der Waals surface area contributed by atoms with Crippen LogP contribution >= 0.6 is 11.3 Å². The molecule has 3 rings (SSSR count). The number of hydrogen-bond donors (Lipinski definition) is 3. The third kappa shape index (κ3) is 4.49. The molecule has 0 radical (unpaired) electrons. The van der Waals surface area contributed by atoms with E-state index in [9.17, 15) is 9.90 Å². The highest BCUT2D eigenvalue weighted by Crippen LogP contribution is 2.19. The molecule has 1 fully saturated rings. The molecule has 0 spiro atoms. The first-order valence-electron chi connectivity index (χ1n) is 8.27. The lowest BCUT2D eigenvalue weighted by molar-refractivity contribution is 0.172. The Hall–Kier alpha value is -2.05. The van der Waals surface area contributed by atoms with Crippen LogP contribution in [0.25, 0.3) is 0 Å². The Morgan fingerprint density at radius 1 is 1.25 bits per heavy atom. The fraction of sp³-hybridized carbons (Fsp3) is 0.389. The minimum absolute atomic E-state index is 0.184. The molecule has 24 heavy (non-hydrogen) atoms. The van der Waals surface area contributed by atoms with Crippen molar-refractivity contribution < 1.29 is 9.90 Å². The number of aliphatic hydroxyl groups excluding tert-OH is 1. The Kier molecular flexibility index (Phi) is 5.72. The van der Waals surface area contributed by atoms with Crippen molar-refractivity contribution in [1.29, 1.82) is 0 Å². The van der Waals surface area contributed by atoms with E-state index in [4.69, 9.17) is 0 Å². The molecule has 3 N–H and O–H groups in total. The highest BCUT2D eigenvalue weighted by molar-refractivity contribution is 7.07. The largest absolute Gasteiger partial charge is 0.387 e. The van der Waals surface area contributed by atoms with Gasteiger partial charge < -0.3 is 20.6 Å². The van der Waals surface area contributed by atoms with E-state index in [1.807, 2.05) is 35.0 Å². The second-order valence-electron chi connectivity index (χ2n) is 6.02. The number of thiophene rings is 1. The molecule has 1 atom stereocenters. The molecule has 0 saturated carbocycles. The molecule has 2 heterocycles. The normalized spacial score (nSPS) is 16.6. The number of amides is 2. The van der Waals surface area contributed by atoms with Crippen LogP contribution in [0.1, 0.15) is 24.5 Å². The lowest BCUT2D eigenvalue weighted by atomic mass is 10.0. The van der Waals surface area contributed by atoms with Gasteiger partial charge in [0.1, 0.15) is 0 Å². The summed E-state index contributed by atoms with van der Waals surface area (Å²) in [6.07, 6.45) is 1.20. The molecule has 1 aromatic carbocycles. The fourth-order valence-electron chi connectivity index (χ4n) is 2.93.